The van der Waals surface area contributed by atoms with Gasteiger partial charge in [-0.15, -0.1) is 0 Å². The van der Waals surface area contributed by atoms with E-state index in [0.29, 0.717) is 0 Å². The lowest BCUT2D eigenvalue weighted by Crippen LogP contribution is -1.96. The summed E-state index contributed by atoms with van der Waals surface area (Å²) in [4.78, 5) is 9.74. The molecule has 6 rings (SSSR count). The fourth-order valence-corrected chi connectivity index (χ4v) is 4.70. The number of hydrogen-bond acceptors (Lipinski definition) is 3. The fourth-order valence-electron chi connectivity index (χ4n) is 4.70. The number of furan rings is 1. The summed E-state index contributed by atoms with van der Waals surface area (Å²) in [6.45, 7) is 6.26. The number of benzene rings is 4. The lowest BCUT2D eigenvalue weighted by molar-refractivity contribution is 0.670. The summed E-state index contributed by atoms with van der Waals surface area (Å²) in [5.74, 6) is 0.762. The van der Waals surface area contributed by atoms with Crippen molar-refractivity contribution in [2.75, 3.05) is 0 Å². The van der Waals surface area contributed by atoms with Crippen LogP contribution in [0.25, 0.3) is 54.9 Å². The molecule has 3 heteroatoms. The number of fused-ring (bicyclic) bond motifs is 6. The van der Waals surface area contributed by atoms with Crippen molar-refractivity contribution in [3.63, 3.8) is 0 Å². The van der Waals surface area contributed by atoms with Crippen molar-refractivity contribution in [3.8, 4) is 11.3 Å². The summed E-state index contributed by atoms with van der Waals surface area (Å²) in [6, 6.07) is 23.2. The second kappa shape index (κ2) is 6.14. The van der Waals surface area contributed by atoms with E-state index < -0.39 is 0 Å². The summed E-state index contributed by atoms with van der Waals surface area (Å²) in [5, 5.41) is 5.70. The number of hydrogen-bond donors (Lipinski definition) is 0. The van der Waals surface area contributed by atoms with Crippen molar-refractivity contribution in [1.82, 2.24) is 9.97 Å². The smallest absolute Gasteiger partial charge is 0.144 e. The molecule has 2 aromatic heterocycles. The highest BCUT2D eigenvalue weighted by atomic mass is 16.3. The van der Waals surface area contributed by atoms with Gasteiger partial charge in [0.05, 0.1) is 11.2 Å². The third kappa shape index (κ3) is 2.38. The maximum atomic E-state index is 6.29. The van der Waals surface area contributed by atoms with Crippen molar-refractivity contribution < 1.29 is 4.42 Å². The molecule has 6 aromatic rings. The summed E-state index contributed by atoms with van der Waals surface area (Å²) in [6.07, 6.45) is 0. The normalized spacial score (nSPS) is 11.8. The zero-order valence-corrected chi connectivity index (χ0v) is 17.2. The average molecular weight is 388 g/mol. The Labute approximate surface area is 174 Å². The average Bonchev–Trinajstić information content (AvgIpc) is 3.11. The largest absolute Gasteiger partial charge is 0.455 e. The molecule has 0 aliphatic heterocycles. The van der Waals surface area contributed by atoms with Crippen molar-refractivity contribution in [2.24, 2.45) is 0 Å². The number of para-hydroxylation sites is 2. The van der Waals surface area contributed by atoms with Crippen LogP contribution in [0.5, 0.6) is 0 Å². The van der Waals surface area contributed by atoms with Gasteiger partial charge in [-0.05, 0) is 49.9 Å². The van der Waals surface area contributed by atoms with E-state index in [9.17, 15) is 0 Å². The molecule has 30 heavy (non-hydrogen) atoms. The van der Waals surface area contributed by atoms with E-state index in [0.717, 1.165) is 49.9 Å². The van der Waals surface area contributed by atoms with Crippen molar-refractivity contribution in [1.29, 1.82) is 0 Å². The molecule has 0 amide bonds. The number of aromatic nitrogens is 2. The van der Waals surface area contributed by atoms with Gasteiger partial charge in [-0.1, -0.05) is 54.1 Å². The van der Waals surface area contributed by atoms with E-state index in [1.807, 2.05) is 25.1 Å². The lowest BCUT2D eigenvalue weighted by atomic mass is 9.96. The Morgan fingerprint density at radius 3 is 2.47 bits per heavy atom. The van der Waals surface area contributed by atoms with Gasteiger partial charge in [-0.2, -0.15) is 0 Å². The van der Waals surface area contributed by atoms with Crippen LogP contribution in [0.4, 0.5) is 0 Å². The van der Waals surface area contributed by atoms with E-state index in [2.05, 4.69) is 62.4 Å². The topological polar surface area (TPSA) is 38.9 Å². The Balaban J connectivity index is 1.76. The van der Waals surface area contributed by atoms with E-state index in [-0.39, 0.29) is 0 Å². The van der Waals surface area contributed by atoms with Gasteiger partial charge in [-0.3, -0.25) is 0 Å². The SMILES string of the molecule is Cc1cc(C)c2c(ccc3c(-c4cccc5c4oc4ccccc45)nc(C)nc32)c1. The monoisotopic (exact) mass is 388 g/mol. The van der Waals surface area contributed by atoms with E-state index >= 15 is 0 Å². The van der Waals surface area contributed by atoms with E-state index in [1.54, 1.807) is 0 Å². The van der Waals surface area contributed by atoms with Gasteiger partial charge in [0.25, 0.3) is 0 Å². The second-order valence-electron chi connectivity index (χ2n) is 8.04. The summed E-state index contributed by atoms with van der Waals surface area (Å²) in [5.41, 5.74) is 7.19. The first-order chi connectivity index (χ1) is 14.6. The molecule has 2 heterocycles. The molecule has 0 N–H and O–H groups in total. The van der Waals surface area contributed by atoms with Crippen LogP contribution >= 0.6 is 0 Å². The first-order valence-electron chi connectivity index (χ1n) is 10.2. The Morgan fingerprint density at radius 1 is 0.733 bits per heavy atom. The molecule has 3 nitrogen and oxygen atoms in total. The van der Waals surface area contributed by atoms with Crippen LogP contribution in [-0.2, 0) is 0 Å². The van der Waals surface area contributed by atoms with E-state index in [1.165, 1.54) is 21.9 Å². The van der Waals surface area contributed by atoms with Gasteiger partial charge < -0.3 is 4.42 Å². The van der Waals surface area contributed by atoms with Gasteiger partial charge in [0.2, 0.25) is 0 Å². The molecule has 0 spiro atoms. The van der Waals surface area contributed by atoms with Crippen LogP contribution < -0.4 is 0 Å². The fraction of sp³-hybridized carbons (Fsp3) is 0.111. The molecule has 0 fully saturated rings. The molecule has 0 unspecified atom stereocenters. The molecule has 0 aliphatic rings. The van der Waals surface area contributed by atoms with Crippen molar-refractivity contribution in [3.05, 3.63) is 83.7 Å². The van der Waals surface area contributed by atoms with E-state index in [4.69, 9.17) is 14.4 Å². The number of rotatable bonds is 1. The number of aryl methyl sites for hydroxylation is 3. The molecular formula is C27H20N2O. The molecule has 0 bridgehead atoms. The zero-order chi connectivity index (χ0) is 20.4. The predicted octanol–water partition coefficient (Wildman–Crippen LogP) is 7.27. The molecule has 0 aliphatic carbocycles. The molecule has 0 radical (unpaired) electrons. The molecular weight excluding hydrogens is 368 g/mol. The van der Waals surface area contributed by atoms with Gasteiger partial charge in [0, 0.05) is 27.1 Å². The summed E-state index contributed by atoms with van der Waals surface area (Å²) >= 11 is 0. The van der Waals surface area contributed by atoms with Gasteiger partial charge in [0.15, 0.2) is 0 Å². The molecule has 4 aromatic carbocycles. The molecule has 0 saturated heterocycles. The Bertz CT molecular complexity index is 1630. The summed E-state index contributed by atoms with van der Waals surface area (Å²) < 4.78 is 6.29. The summed E-state index contributed by atoms with van der Waals surface area (Å²) in [7, 11) is 0. The first kappa shape index (κ1) is 17.2. The van der Waals surface area contributed by atoms with Crippen LogP contribution in [-0.4, -0.2) is 9.97 Å². The highest BCUT2D eigenvalue weighted by Crippen LogP contribution is 2.39. The zero-order valence-electron chi connectivity index (χ0n) is 17.2. The Hall–Kier alpha value is -3.72. The maximum absolute atomic E-state index is 6.29. The Kier molecular flexibility index (Phi) is 3.51. The minimum atomic E-state index is 0.762. The minimum absolute atomic E-state index is 0.762. The van der Waals surface area contributed by atoms with Gasteiger partial charge >= 0.3 is 0 Å². The maximum Gasteiger partial charge on any atom is 0.144 e. The molecule has 0 atom stereocenters. The predicted molar refractivity (Wildman–Crippen MR) is 124 cm³/mol. The van der Waals surface area contributed by atoms with Crippen LogP contribution in [0.15, 0.2) is 71.1 Å². The molecule has 0 saturated carbocycles. The van der Waals surface area contributed by atoms with Crippen LogP contribution in [0.1, 0.15) is 17.0 Å². The first-order valence-corrected chi connectivity index (χ1v) is 10.2. The van der Waals surface area contributed by atoms with Crippen molar-refractivity contribution >= 4 is 43.6 Å². The quantitative estimate of drug-likeness (QED) is 0.278. The highest BCUT2D eigenvalue weighted by Gasteiger charge is 2.17. The van der Waals surface area contributed by atoms with Gasteiger partial charge in [-0.25, -0.2) is 9.97 Å². The second-order valence-corrected chi connectivity index (χ2v) is 8.04. The number of nitrogens with zero attached hydrogens (tertiary/aromatic N) is 2. The minimum Gasteiger partial charge on any atom is -0.455 e. The lowest BCUT2D eigenvalue weighted by Gasteiger charge is -2.12. The van der Waals surface area contributed by atoms with Crippen LogP contribution in [0, 0.1) is 20.8 Å². The third-order valence-electron chi connectivity index (χ3n) is 5.89. The molecule has 144 valence electrons. The standard InChI is InChI=1S/C27H20N2O/c1-15-13-16(2)24-18(14-15)11-12-21-25(28-17(3)29-26(21)24)22-9-6-8-20-19-7-4-5-10-23(19)30-27(20)22/h4-14H,1-3H3. The third-order valence-corrected chi connectivity index (χ3v) is 5.89. The van der Waals surface area contributed by atoms with Crippen LogP contribution in [0.3, 0.4) is 0 Å². The van der Waals surface area contributed by atoms with Gasteiger partial charge in [0.1, 0.15) is 17.0 Å². The highest BCUT2D eigenvalue weighted by molar-refractivity contribution is 6.14. The van der Waals surface area contributed by atoms with Crippen LogP contribution in [0.2, 0.25) is 0 Å². The van der Waals surface area contributed by atoms with Crippen molar-refractivity contribution in [2.45, 2.75) is 20.8 Å². The Morgan fingerprint density at radius 2 is 1.57 bits per heavy atom.